The largest absolute Gasteiger partial charge is 0.493 e. The maximum absolute atomic E-state index is 12.8. The Morgan fingerprint density at radius 3 is 2.57 bits per heavy atom. The van der Waals surface area contributed by atoms with Crippen molar-refractivity contribution < 1.29 is 18.7 Å². The van der Waals surface area contributed by atoms with Gasteiger partial charge in [-0.2, -0.15) is 0 Å². The Kier molecular flexibility index (Phi) is 5.33. The van der Waals surface area contributed by atoms with Crippen molar-refractivity contribution >= 4 is 34.3 Å². The molecular weight excluding hydrogens is 404 g/mol. The van der Waals surface area contributed by atoms with E-state index in [1.54, 1.807) is 36.4 Å². The maximum atomic E-state index is 12.8. The third kappa shape index (κ3) is 3.82. The van der Waals surface area contributed by atoms with Crippen LogP contribution in [0.25, 0.3) is 22.6 Å². The van der Waals surface area contributed by atoms with Gasteiger partial charge in [-0.05, 0) is 61.0 Å². The first-order valence-electron chi connectivity index (χ1n) is 9.19. The van der Waals surface area contributed by atoms with E-state index in [0.29, 0.717) is 44.8 Å². The molecule has 0 aliphatic rings. The van der Waals surface area contributed by atoms with Gasteiger partial charge in [0.2, 0.25) is 5.89 Å². The van der Waals surface area contributed by atoms with Crippen LogP contribution in [0.15, 0.2) is 59.0 Å². The highest BCUT2D eigenvalue weighted by molar-refractivity contribution is 6.34. The van der Waals surface area contributed by atoms with Gasteiger partial charge in [-0.15, -0.1) is 0 Å². The maximum Gasteiger partial charge on any atom is 0.255 e. The summed E-state index contributed by atoms with van der Waals surface area (Å²) in [5, 5.41) is 3.23. The fourth-order valence-corrected chi connectivity index (χ4v) is 3.25. The molecule has 0 spiro atoms. The van der Waals surface area contributed by atoms with Gasteiger partial charge in [0.15, 0.2) is 17.1 Å². The van der Waals surface area contributed by atoms with Crippen molar-refractivity contribution in [2.24, 2.45) is 0 Å². The molecule has 4 aromatic rings. The molecule has 4 rings (SSSR count). The number of methoxy groups -OCH3 is 2. The molecular formula is C23H19ClN2O4. The first-order chi connectivity index (χ1) is 14.5. The number of aryl methyl sites for hydroxylation is 1. The number of aromatic nitrogens is 1. The minimum Gasteiger partial charge on any atom is -0.493 e. The van der Waals surface area contributed by atoms with Gasteiger partial charge in [0.05, 0.1) is 24.9 Å². The second kappa shape index (κ2) is 8.08. The molecule has 0 saturated carbocycles. The van der Waals surface area contributed by atoms with E-state index in [1.807, 2.05) is 25.1 Å². The van der Waals surface area contributed by atoms with Crippen molar-refractivity contribution in [2.75, 3.05) is 19.5 Å². The molecule has 1 aromatic heterocycles. The van der Waals surface area contributed by atoms with E-state index >= 15 is 0 Å². The van der Waals surface area contributed by atoms with Crippen molar-refractivity contribution in [3.8, 4) is 23.0 Å². The number of oxazole rings is 1. The van der Waals surface area contributed by atoms with E-state index in [1.165, 1.54) is 14.2 Å². The van der Waals surface area contributed by atoms with Crippen LogP contribution >= 0.6 is 11.6 Å². The first-order valence-corrected chi connectivity index (χ1v) is 9.57. The van der Waals surface area contributed by atoms with E-state index in [9.17, 15) is 4.79 Å². The molecule has 0 saturated heterocycles. The van der Waals surface area contributed by atoms with E-state index in [0.717, 1.165) is 11.1 Å². The summed E-state index contributed by atoms with van der Waals surface area (Å²) < 4.78 is 16.4. The Hall–Kier alpha value is -3.51. The lowest BCUT2D eigenvalue weighted by Crippen LogP contribution is -2.12. The number of benzene rings is 3. The van der Waals surface area contributed by atoms with Gasteiger partial charge >= 0.3 is 0 Å². The summed E-state index contributed by atoms with van der Waals surface area (Å²) in [5.41, 5.74) is 4.12. The highest BCUT2D eigenvalue weighted by atomic mass is 35.5. The number of ether oxygens (including phenoxy) is 2. The minimum atomic E-state index is -0.330. The average molecular weight is 423 g/mol. The van der Waals surface area contributed by atoms with Gasteiger partial charge < -0.3 is 19.2 Å². The Labute approximate surface area is 178 Å². The van der Waals surface area contributed by atoms with Gasteiger partial charge in [0.25, 0.3) is 5.91 Å². The summed E-state index contributed by atoms with van der Waals surface area (Å²) >= 11 is 6.31. The summed E-state index contributed by atoms with van der Waals surface area (Å²) in [7, 11) is 3.05. The number of nitrogens with zero attached hydrogens (tertiary/aromatic N) is 1. The predicted molar refractivity (Wildman–Crippen MR) is 117 cm³/mol. The Morgan fingerprint density at radius 2 is 1.80 bits per heavy atom. The Bertz CT molecular complexity index is 1250. The van der Waals surface area contributed by atoms with Crippen LogP contribution in [0.4, 0.5) is 5.69 Å². The highest BCUT2D eigenvalue weighted by Crippen LogP contribution is 2.32. The first kappa shape index (κ1) is 19.8. The van der Waals surface area contributed by atoms with E-state index in [4.69, 9.17) is 25.5 Å². The molecule has 0 unspecified atom stereocenters. The van der Waals surface area contributed by atoms with Crippen LogP contribution < -0.4 is 14.8 Å². The van der Waals surface area contributed by atoms with Crippen molar-refractivity contribution in [3.05, 3.63) is 70.7 Å². The molecule has 0 bridgehead atoms. The lowest BCUT2D eigenvalue weighted by atomic mass is 10.1. The average Bonchev–Trinajstić information content (AvgIpc) is 3.17. The van der Waals surface area contributed by atoms with Crippen LogP contribution in [-0.4, -0.2) is 25.1 Å². The molecule has 152 valence electrons. The molecule has 1 heterocycles. The predicted octanol–water partition coefficient (Wildman–Crippen LogP) is 5.73. The summed E-state index contributed by atoms with van der Waals surface area (Å²) in [6.45, 7) is 1.99. The zero-order chi connectivity index (χ0) is 21.3. The third-order valence-electron chi connectivity index (χ3n) is 4.65. The van der Waals surface area contributed by atoms with Gasteiger partial charge in [0.1, 0.15) is 5.52 Å². The number of fused-ring (bicyclic) bond motifs is 1. The summed E-state index contributed by atoms with van der Waals surface area (Å²) in [5.74, 6) is 1.13. The molecule has 1 amide bonds. The third-order valence-corrected chi connectivity index (χ3v) is 4.98. The van der Waals surface area contributed by atoms with Crippen LogP contribution in [-0.2, 0) is 0 Å². The molecule has 0 aliphatic carbocycles. The fourth-order valence-electron chi connectivity index (χ4n) is 3.08. The lowest BCUT2D eigenvalue weighted by Gasteiger charge is -2.11. The fraction of sp³-hybridized carbons (Fsp3) is 0.130. The van der Waals surface area contributed by atoms with Crippen LogP contribution in [0.2, 0.25) is 5.02 Å². The zero-order valence-corrected chi connectivity index (χ0v) is 17.4. The Balaban J connectivity index is 1.64. The number of nitrogens with one attached hydrogen (secondary N) is 1. The molecule has 0 fully saturated rings. The van der Waals surface area contributed by atoms with E-state index < -0.39 is 0 Å². The molecule has 30 heavy (non-hydrogen) atoms. The molecule has 7 heteroatoms. The van der Waals surface area contributed by atoms with Gasteiger partial charge in [0, 0.05) is 11.1 Å². The summed E-state index contributed by atoms with van der Waals surface area (Å²) in [4.78, 5) is 17.3. The topological polar surface area (TPSA) is 73.6 Å². The summed E-state index contributed by atoms with van der Waals surface area (Å²) in [6, 6.07) is 16.0. The lowest BCUT2D eigenvalue weighted by molar-refractivity contribution is 0.102. The second-order valence-electron chi connectivity index (χ2n) is 6.71. The molecule has 6 nitrogen and oxygen atoms in total. The van der Waals surface area contributed by atoms with Gasteiger partial charge in [-0.1, -0.05) is 17.7 Å². The molecule has 0 aliphatic heterocycles. The molecule has 0 atom stereocenters. The molecule has 3 aromatic carbocycles. The SMILES string of the molecule is COc1ccc(C(=O)Nc2cc(-c3nc4ccc(C)cc4o3)ccc2Cl)cc1OC. The number of halogens is 1. The van der Waals surface area contributed by atoms with Crippen LogP contribution in [0.3, 0.4) is 0 Å². The number of carbonyl (C=O) groups is 1. The second-order valence-corrected chi connectivity index (χ2v) is 7.12. The molecule has 1 N–H and O–H groups in total. The van der Waals surface area contributed by atoms with Crippen molar-refractivity contribution in [2.45, 2.75) is 6.92 Å². The van der Waals surface area contributed by atoms with Crippen LogP contribution in [0.1, 0.15) is 15.9 Å². The number of hydrogen-bond acceptors (Lipinski definition) is 5. The minimum absolute atomic E-state index is 0.330. The number of rotatable bonds is 5. The number of anilines is 1. The van der Waals surface area contributed by atoms with Crippen molar-refractivity contribution in [1.82, 2.24) is 4.98 Å². The highest BCUT2D eigenvalue weighted by Gasteiger charge is 2.15. The molecule has 0 radical (unpaired) electrons. The number of hydrogen-bond donors (Lipinski definition) is 1. The van der Waals surface area contributed by atoms with Gasteiger partial charge in [-0.25, -0.2) is 4.98 Å². The quantitative estimate of drug-likeness (QED) is 0.444. The van der Waals surface area contributed by atoms with E-state index in [-0.39, 0.29) is 5.91 Å². The van der Waals surface area contributed by atoms with Crippen molar-refractivity contribution in [3.63, 3.8) is 0 Å². The van der Waals surface area contributed by atoms with Gasteiger partial charge in [-0.3, -0.25) is 4.79 Å². The monoisotopic (exact) mass is 422 g/mol. The normalized spacial score (nSPS) is 10.8. The number of amides is 1. The zero-order valence-electron chi connectivity index (χ0n) is 16.7. The van der Waals surface area contributed by atoms with E-state index in [2.05, 4.69) is 10.3 Å². The van der Waals surface area contributed by atoms with Crippen LogP contribution in [0.5, 0.6) is 11.5 Å². The Morgan fingerprint density at radius 1 is 1.00 bits per heavy atom. The standard InChI is InChI=1S/C23H19ClN2O4/c1-13-4-8-17-20(10-13)30-23(26-17)15-5-7-16(24)18(11-15)25-22(27)14-6-9-19(28-2)21(12-14)29-3/h4-12H,1-3H3,(H,25,27). The summed E-state index contributed by atoms with van der Waals surface area (Å²) in [6.07, 6.45) is 0. The van der Waals surface area contributed by atoms with Crippen LogP contribution in [0, 0.1) is 6.92 Å². The van der Waals surface area contributed by atoms with Crippen molar-refractivity contribution in [1.29, 1.82) is 0 Å². The number of carbonyl (C=O) groups excluding carboxylic acids is 1. The smallest absolute Gasteiger partial charge is 0.255 e.